The Balaban J connectivity index is 2.07. The highest BCUT2D eigenvalue weighted by Crippen LogP contribution is 2.31. The van der Waals surface area contributed by atoms with Gasteiger partial charge in [-0.05, 0) is 48.0 Å². The summed E-state index contributed by atoms with van der Waals surface area (Å²) in [5.74, 6) is -0.261. The normalized spacial score (nSPS) is 12.8. The SMILES string of the molecule is NC(c1cc2cc(F)ccc2o1)c1cc(F)ccc1Br. The second-order valence-electron chi connectivity index (χ2n) is 4.47. The molecule has 0 aliphatic rings. The fourth-order valence-corrected chi connectivity index (χ4v) is 2.59. The van der Waals surface area contributed by atoms with Crippen LogP contribution < -0.4 is 5.73 Å². The first-order valence-electron chi connectivity index (χ1n) is 5.94. The lowest BCUT2D eigenvalue weighted by Gasteiger charge is -2.11. The summed E-state index contributed by atoms with van der Waals surface area (Å²) in [5.41, 5.74) is 7.22. The van der Waals surface area contributed by atoms with Gasteiger partial charge in [0.05, 0.1) is 6.04 Å². The molecule has 3 aromatic rings. The second kappa shape index (κ2) is 5.00. The van der Waals surface area contributed by atoms with E-state index in [9.17, 15) is 8.78 Å². The highest BCUT2D eigenvalue weighted by molar-refractivity contribution is 9.10. The van der Waals surface area contributed by atoms with Crippen molar-refractivity contribution in [1.82, 2.24) is 0 Å². The van der Waals surface area contributed by atoms with E-state index in [1.807, 2.05) is 0 Å². The Morgan fingerprint density at radius 1 is 1.00 bits per heavy atom. The van der Waals surface area contributed by atoms with Crippen LogP contribution in [0.3, 0.4) is 0 Å². The lowest BCUT2D eigenvalue weighted by Crippen LogP contribution is -2.11. The van der Waals surface area contributed by atoms with Gasteiger partial charge in [-0.3, -0.25) is 0 Å². The number of benzene rings is 2. The number of furan rings is 1. The Hall–Kier alpha value is -1.72. The Bertz CT molecular complexity index is 785. The lowest BCUT2D eigenvalue weighted by atomic mass is 10.1. The van der Waals surface area contributed by atoms with E-state index in [-0.39, 0.29) is 11.6 Å². The summed E-state index contributed by atoms with van der Waals surface area (Å²) in [7, 11) is 0. The van der Waals surface area contributed by atoms with Gasteiger partial charge in [-0.25, -0.2) is 8.78 Å². The topological polar surface area (TPSA) is 39.2 Å². The maximum Gasteiger partial charge on any atom is 0.134 e. The summed E-state index contributed by atoms with van der Waals surface area (Å²) < 4.78 is 32.8. The van der Waals surface area contributed by atoms with Crippen molar-refractivity contribution >= 4 is 26.9 Å². The predicted molar refractivity (Wildman–Crippen MR) is 76.3 cm³/mol. The largest absolute Gasteiger partial charge is 0.459 e. The number of halogens is 3. The molecule has 2 N–H and O–H groups in total. The van der Waals surface area contributed by atoms with Gasteiger partial charge in [0.2, 0.25) is 0 Å². The van der Waals surface area contributed by atoms with Gasteiger partial charge in [0.15, 0.2) is 0 Å². The molecule has 0 saturated heterocycles. The van der Waals surface area contributed by atoms with Crippen LogP contribution in [0.2, 0.25) is 0 Å². The maximum atomic E-state index is 13.3. The van der Waals surface area contributed by atoms with E-state index in [2.05, 4.69) is 15.9 Å². The minimum Gasteiger partial charge on any atom is -0.459 e. The molecule has 2 aromatic carbocycles. The fraction of sp³-hybridized carbons (Fsp3) is 0.0667. The van der Waals surface area contributed by atoms with Gasteiger partial charge < -0.3 is 10.2 Å². The van der Waals surface area contributed by atoms with Gasteiger partial charge in [-0.1, -0.05) is 15.9 Å². The van der Waals surface area contributed by atoms with Crippen molar-refractivity contribution in [1.29, 1.82) is 0 Å². The minimum absolute atomic E-state index is 0.342. The molecule has 0 radical (unpaired) electrons. The Kier molecular flexibility index (Phi) is 3.31. The average molecular weight is 338 g/mol. The fourth-order valence-electron chi connectivity index (χ4n) is 2.09. The molecule has 0 spiro atoms. The molecule has 0 aliphatic heterocycles. The first-order valence-corrected chi connectivity index (χ1v) is 6.73. The Morgan fingerprint density at radius 2 is 1.70 bits per heavy atom. The van der Waals surface area contributed by atoms with E-state index in [0.29, 0.717) is 26.8 Å². The van der Waals surface area contributed by atoms with Crippen molar-refractivity contribution in [3.05, 3.63) is 69.9 Å². The van der Waals surface area contributed by atoms with Crippen LogP contribution in [0.5, 0.6) is 0 Å². The van der Waals surface area contributed by atoms with Crippen LogP contribution in [-0.4, -0.2) is 0 Å². The van der Waals surface area contributed by atoms with Crippen LogP contribution in [0, 0.1) is 11.6 Å². The standard InChI is InChI=1S/C15H10BrF2NO/c16-12-3-1-10(18)7-11(12)15(19)14-6-8-5-9(17)2-4-13(8)20-14/h1-7,15H,19H2. The molecule has 102 valence electrons. The van der Waals surface area contributed by atoms with Crippen LogP contribution in [0.4, 0.5) is 8.78 Å². The van der Waals surface area contributed by atoms with Crippen molar-refractivity contribution in [2.45, 2.75) is 6.04 Å². The molecule has 2 nitrogen and oxygen atoms in total. The van der Waals surface area contributed by atoms with Gasteiger partial charge in [0, 0.05) is 9.86 Å². The third kappa shape index (κ3) is 2.34. The highest BCUT2D eigenvalue weighted by Gasteiger charge is 2.17. The molecule has 3 rings (SSSR count). The summed E-state index contributed by atoms with van der Waals surface area (Å²) in [5, 5.41) is 0.628. The first-order chi connectivity index (χ1) is 9.54. The van der Waals surface area contributed by atoms with E-state index in [1.165, 1.54) is 24.3 Å². The number of nitrogens with two attached hydrogens (primary N) is 1. The molecule has 1 heterocycles. The van der Waals surface area contributed by atoms with Crippen LogP contribution in [0.1, 0.15) is 17.4 Å². The molecular weight excluding hydrogens is 328 g/mol. The van der Waals surface area contributed by atoms with Crippen molar-refractivity contribution in [3.8, 4) is 0 Å². The van der Waals surface area contributed by atoms with E-state index in [1.54, 1.807) is 18.2 Å². The molecule has 0 fully saturated rings. The van der Waals surface area contributed by atoms with Gasteiger partial charge >= 0.3 is 0 Å². The zero-order valence-corrected chi connectivity index (χ0v) is 11.8. The summed E-state index contributed by atoms with van der Waals surface area (Å²) in [6, 6.07) is 9.55. The summed E-state index contributed by atoms with van der Waals surface area (Å²) in [4.78, 5) is 0. The van der Waals surface area contributed by atoms with Gasteiger partial charge in [0.25, 0.3) is 0 Å². The molecule has 5 heteroatoms. The van der Waals surface area contributed by atoms with Gasteiger partial charge in [-0.2, -0.15) is 0 Å². The predicted octanol–water partition coefficient (Wildman–Crippen LogP) is 4.52. The molecule has 20 heavy (non-hydrogen) atoms. The summed E-state index contributed by atoms with van der Waals surface area (Å²) in [6.07, 6.45) is 0. The molecule has 0 amide bonds. The number of hydrogen-bond acceptors (Lipinski definition) is 2. The van der Waals surface area contributed by atoms with Crippen molar-refractivity contribution < 1.29 is 13.2 Å². The minimum atomic E-state index is -0.629. The Morgan fingerprint density at radius 3 is 2.50 bits per heavy atom. The maximum absolute atomic E-state index is 13.3. The molecular formula is C15H10BrF2NO. The smallest absolute Gasteiger partial charge is 0.134 e. The molecule has 0 aliphatic carbocycles. The zero-order valence-electron chi connectivity index (χ0n) is 10.2. The van der Waals surface area contributed by atoms with Crippen molar-refractivity contribution in [2.24, 2.45) is 5.73 Å². The Labute approximate surface area is 122 Å². The quantitative estimate of drug-likeness (QED) is 0.746. The molecule has 1 unspecified atom stereocenters. The highest BCUT2D eigenvalue weighted by atomic mass is 79.9. The van der Waals surface area contributed by atoms with Crippen LogP contribution in [0.25, 0.3) is 11.0 Å². The number of rotatable bonds is 2. The van der Waals surface area contributed by atoms with E-state index >= 15 is 0 Å². The summed E-state index contributed by atoms with van der Waals surface area (Å²) >= 11 is 3.34. The van der Waals surface area contributed by atoms with E-state index < -0.39 is 6.04 Å². The van der Waals surface area contributed by atoms with Gasteiger partial charge in [0.1, 0.15) is 23.0 Å². The third-order valence-corrected chi connectivity index (χ3v) is 3.82. The van der Waals surface area contributed by atoms with Crippen LogP contribution in [-0.2, 0) is 0 Å². The van der Waals surface area contributed by atoms with Crippen molar-refractivity contribution in [2.75, 3.05) is 0 Å². The molecule has 0 bridgehead atoms. The third-order valence-electron chi connectivity index (χ3n) is 3.10. The molecule has 0 saturated carbocycles. The monoisotopic (exact) mass is 337 g/mol. The zero-order chi connectivity index (χ0) is 14.3. The van der Waals surface area contributed by atoms with E-state index in [0.717, 1.165) is 0 Å². The molecule has 1 atom stereocenters. The lowest BCUT2D eigenvalue weighted by molar-refractivity contribution is 0.522. The first kappa shape index (κ1) is 13.3. The average Bonchev–Trinajstić information content (AvgIpc) is 2.83. The van der Waals surface area contributed by atoms with E-state index in [4.69, 9.17) is 10.2 Å². The van der Waals surface area contributed by atoms with Crippen LogP contribution in [0.15, 0.2) is 51.4 Å². The van der Waals surface area contributed by atoms with Gasteiger partial charge in [-0.15, -0.1) is 0 Å². The van der Waals surface area contributed by atoms with Crippen LogP contribution >= 0.6 is 15.9 Å². The van der Waals surface area contributed by atoms with Crippen molar-refractivity contribution in [3.63, 3.8) is 0 Å². The number of hydrogen-bond donors (Lipinski definition) is 1. The second-order valence-corrected chi connectivity index (χ2v) is 5.33. The molecule has 1 aromatic heterocycles. The summed E-state index contributed by atoms with van der Waals surface area (Å²) in [6.45, 7) is 0. The number of fused-ring (bicyclic) bond motifs is 1.